The van der Waals surface area contributed by atoms with Gasteiger partial charge in [0.2, 0.25) is 0 Å². The van der Waals surface area contributed by atoms with E-state index in [0.717, 1.165) is 49.1 Å². The van der Waals surface area contributed by atoms with Crippen LogP contribution in [0, 0.1) is 0 Å². The van der Waals surface area contributed by atoms with Crippen molar-refractivity contribution in [2.24, 2.45) is 0 Å². The molecule has 0 aromatic heterocycles. The molecule has 2 aliphatic rings. The molecule has 0 aliphatic heterocycles. The Kier molecular flexibility index (Phi) is 6.10. The summed E-state index contributed by atoms with van der Waals surface area (Å²) in [6.07, 6.45) is 11.5. The van der Waals surface area contributed by atoms with Crippen molar-refractivity contribution in [2.75, 3.05) is 13.7 Å². The molecule has 5 heteroatoms. The number of carbonyl (C=O) groups is 2. The fraction of sp³-hybridized carbons (Fsp3) is 0.429. The van der Waals surface area contributed by atoms with Crippen LogP contribution in [-0.2, 0) is 14.3 Å². The van der Waals surface area contributed by atoms with Crippen LogP contribution in [0.25, 0.3) is 6.08 Å². The minimum Gasteiger partial charge on any atom is -0.497 e. The van der Waals surface area contributed by atoms with Gasteiger partial charge in [0.1, 0.15) is 5.75 Å². The molecule has 1 amide bonds. The summed E-state index contributed by atoms with van der Waals surface area (Å²) in [4.78, 5) is 26.3. The molecule has 0 bridgehead atoms. The average molecular weight is 355 g/mol. The Balaban J connectivity index is 1.53. The van der Waals surface area contributed by atoms with E-state index in [2.05, 4.69) is 6.08 Å². The number of nitrogens with zero attached hydrogens (tertiary/aromatic N) is 1. The molecule has 0 heterocycles. The molecule has 0 spiro atoms. The number of amides is 1. The van der Waals surface area contributed by atoms with Crippen molar-refractivity contribution < 1.29 is 19.1 Å². The molecule has 0 N–H and O–H groups in total. The van der Waals surface area contributed by atoms with Crippen LogP contribution in [0.1, 0.15) is 44.1 Å². The third-order valence-electron chi connectivity index (χ3n) is 4.60. The van der Waals surface area contributed by atoms with Crippen LogP contribution in [0.15, 0.2) is 42.1 Å². The molecule has 2 aliphatic carbocycles. The molecule has 5 nitrogen and oxygen atoms in total. The Morgan fingerprint density at radius 2 is 2.12 bits per heavy atom. The van der Waals surface area contributed by atoms with Gasteiger partial charge in [0, 0.05) is 17.8 Å². The second-order valence-corrected chi connectivity index (χ2v) is 6.65. The molecule has 0 radical (unpaired) electrons. The van der Waals surface area contributed by atoms with E-state index in [1.807, 2.05) is 29.2 Å². The zero-order chi connectivity index (χ0) is 18.4. The van der Waals surface area contributed by atoms with Gasteiger partial charge in [-0.1, -0.05) is 18.2 Å². The highest BCUT2D eigenvalue weighted by atomic mass is 16.5. The maximum absolute atomic E-state index is 12.6. The summed E-state index contributed by atoms with van der Waals surface area (Å²) >= 11 is 0. The van der Waals surface area contributed by atoms with E-state index in [0.29, 0.717) is 0 Å². The van der Waals surface area contributed by atoms with Crippen LogP contribution in [-0.4, -0.2) is 36.5 Å². The first-order chi connectivity index (χ1) is 12.7. The molecule has 1 saturated carbocycles. The Morgan fingerprint density at radius 1 is 1.27 bits per heavy atom. The van der Waals surface area contributed by atoms with Gasteiger partial charge in [-0.05, 0) is 62.3 Å². The molecular formula is C21H25NO4. The zero-order valence-electron chi connectivity index (χ0n) is 15.1. The highest BCUT2D eigenvalue weighted by Crippen LogP contribution is 2.33. The van der Waals surface area contributed by atoms with Gasteiger partial charge < -0.3 is 14.4 Å². The van der Waals surface area contributed by atoms with Gasteiger partial charge in [-0.15, -0.1) is 0 Å². The zero-order valence-corrected chi connectivity index (χ0v) is 15.1. The minimum absolute atomic E-state index is 0.121. The standard InChI is InChI=1S/C21H25NO4/c1-25-19-9-5-6-16(14-19)10-13-21(24)26-15-20(23)22(18-11-12-18)17-7-3-2-4-8-17/h5-7,9-10,13-14,18H,2-4,8,11-12,15H2,1H3/b13-10+. The number of methoxy groups -OCH3 is 1. The van der Waals surface area contributed by atoms with Crippen LogP contribution in [0.4, 0.5) is 0 Å². The van der Waals surface area contributed by atoms with Crippen molar-refractivity contribution in [1.82, 2.24) is 4.90 Å². The number of esters is 1. The van der Waals surface area contributed by atoms with E-state index >= 15 is 0 Å². The minimum atomic E-state index is -0.519. The fourth-order valence-corrected chi connectivity index (χ4v) is 3.13. The molecule has 1 aromatic carbocycles. The number of carbonyl (C=O) groups excluding carboxylic acids is 2. The van der Waals surface area contributed by atoms with Crippen molar-refractivity contribution in [1.29, 1.82) is 0 Å². The Bertz CT molecular complexity index is 718. The lowest BCUT2D eigenvalue weighted by Crippen LogP contribution is -2.36. The monoisotopic (exact) mass is 355 g/mol. The summed E-state index contributed by atoms with van der Waals surface area (Å²) in [6.45, 7) is -0.213. The maximum Gasteiger partial charge on any atom is 0.331 e. The summed E-state index contributed by atoms with van der Waals surface area (Å²) in [5.74, 6) is 0.0786. The molecule has 0 saturated heterocycles. The van der Waals surface area contributed by atoms with Crippen molar-refractivity contribution in [3.8, 4) is 5.75 Å². The van der Waals surface area contributed by atoms with Gasteiger partial charge in [0.15, 0.2) is 6.61 Å². The van der Waals surface area contributed by atoms with Gasteiger partial charge in [-0.2, -0.15) is 0 Å². The molecule has 1 aromatic rings. The quantitative estimate of drug-likeness (QED) is 0.553. The van der Waals surface area contributed by atoms with Crippen LogP contribution in [0.3, 0.4) is 0 Å². The molecule has 1 fully saturated rings. The van der Waals surface area contributed by atoms with E-state index in [4.69, 9.17) is 9.47 Å². The summed E-state index contributed by atoms with van der Waals surface area (Å²) in [5.41, 5.74) is 1.94. The second kappa shape index (κ2) is 8.70. The lowest BCUT2D eigenvalue weighted by Gasteiger charge is -2.27. The number of ether oxygens (including phenoxy) is 2. The summed E-state index contributed by atoms with van der Waals surface area (Å²) in [5, 5.41) is 0. The molecule has 26 heavy (non-hydrogen) atoms. The van der Waals surface area contributed by atoms with Crippen LogP contribution >= 0.6 is 0 Å². The smallest absolute Gasteiger partial charge is 0.331 e. The Hall–Kier alpha value is -2.56. The van der Waals surface area contributed by atoms with Gasteiger partial charge >= 0.3 is 5.97 Å². The Labute approximate surface area is 154 Å². The molecule has 0 atom stereocenters. The van der Waals surface area contributed by atoms with E-state index < -0.39 is 5.97 Å². The van der Waals surface area contributed by atoms with Crippen molar-refractivity contribution in [3.63, 3.8) is 0 Å². The lowest BCUT2D eigenvalue weighted by molar-refractivity contribution is -0.147. The third-order valence-corrected chi connectivity index (χ3v) is 4.60. The number of benzene rings is 1. The summed E-state index contributed by atoms with van der Waals surface area (Å²) < 4.78 is 10.3. The number of hydrogen-bond acceptors (Lipinski definition) is 4. The van der Waals surface area contributed by atoms with Crippen molar-refractivity contribution >= 4 is 18.0 Å². The SMILES string of the molecule is COc1cccc(/C=C/C(=O)OCC(=O)N(C2=CCCCC2)C2CC2)c1. The predicted octanol–water partition coefficient (Wildman–Crippen LogP) is 3.70. The molecule has 138 valence electrons. The van der Waals surface area contributed by atoms with Crippen LogP contribution < -0.4 is 4.74 Å². The van der Waals surface area contributed by atoms with Crippen molar-refractivity contribution in [3.05, 3.63) is 47.7 Å². The van der Waals surface area contributed by atoms with E-state index in [1.165, 1.54) is 12.5 Å². The fourth-order valence-electron chi connectivity index (χ4n) is 3.13. The van der Waals surface area contributed by atoms with Gasteiger partial charge in [0.05, 0.1) is 7.11 Å². The molecule has 0 unspecified atom stereocenters. The predicted molar refractivity (Wildman–Crippen MR) is 99.4 cm³/mol. The first-order valence-corrected chi connectivity index (χ1v) is 9.17. The number of rotatable bonds is 7. The number of allylic oxidation sites excluding steroid dienone is 2. The molecule has 3 rings (SSSR count). The van der Waals surface area contributed by atoms with Gasteiger partial charge in [-0.25, -0.2) is 4.79 Å². The highest BCUT2D eigenvalue weighted by Gasteiger charge is 2.35. The van der Waals surface area contributed by atoms with E-state index in [-0.39, 0.29) is 18.6 Å². The largest absolute Gasteiger partial charge is 0.497 e. The van der Waals surface area contributed by atoms with Crippen molar-refractivity contribution in [2.45, 2.75) is 44.6 Å². The van der Waals surface area contributed by atoms with E-state index in [9.17, 15) is 9.59 Å². The second-order valence-electron chi connectivity index (χ2n) is 6.65. The lowest BCUT2D eigenvalue weighted by atomic mass is 10.0. The first kappa shape index (κ1) is 18.2. The van der Waals surface area contributed by atoms with Crippen LogP contribution in [0.5, 0.6) is 5.75 Å². The highest BCUT2D eigenvalue weighted by molar-refractivity contribution is 5.89. The van der Waals surface area contributed by atoms with Crippen LogP contribution in [0.2, 0.25) is 0 Å². The third kappa shape index (κ3) is 4.97. The maximum atomic E-state index is 12.6. The summed E-state index contributed by atoms with van der Waals surface area (Å²) in [7, 11) is 1.59. The van der Waals surface area contributed by atoms with Gasteiger partial charge in [0.25, 0.3) is 5.91 Å². The van der Waals surface area contributed by atoms with Gasteiger partial charge in [-0.3, -0.25) is 4.79 Å². The normalized spacial score (nSPS) is 16.9. The molecular weight excluding hydrogens is 330 g/mol. The summed E-state index contributed by atoms with van der Waals surface area (Å²) in [6, 6.07) is 7.65. The first-order valence-electron chi connectivity index (χ1n) is 9.17. The van der Waals surface area contributed by atoms with E-state index in [1.54, 1.807) is 13.2 Å². The average Bonchev–Trinajstić information content (AvgIpc) is 3.51. The topological polar surface area (TPSA) is 55.8 Å². The number of hydrogen-bond donors (Lipinski definition) is 0. The Morgan fingerprint density at radius 3 is 2.81 bits per heavy atom.